The number of carbonyl (C=O) groups is 1. The van der Waals surface area contributed by atoms with E-state index in [9.17, 15) is 26.4 Å². The number of sulfonamides is 1. The van der Waals surface area contributed by atoms with E-state index < -0.39 is 28.0 Å². The van der Waals surface area contributed by atoms with Crippen molar-refractivity contribution in [1.29, 1.82) is 0 Å². The van der Waals surface area contributed by atoms with E-state index in [4.69, 9.17) is 0 Å². The van der Waals surface area contributed by atoms with E-state index in [2.05, 4.69) is 14.5 Å². The molecular formula is C15H12F3N3O4S. The van der Waals surface area contributed by atoms with Gasteiger partial charge in [0.25, 0.3) is 15.9 Å². The lowest BCUT2D eigenvalue weighted by molar-refractivity contribution is -0.274. The van der Waals surface area contributed by atoms with E-state index in [1.807, 2.05) is 0 Å². The van der Waals surface area contributed by atoms with Crippen LogP contribution in [0.15, 0.2) is 52.6 Å². The molecule has 2 heterocycles. The van der Waals surface area contributed by atoms with Crippen LogP contribution in [0.3, 0.4) is 0 Å². The highest BCUT2D eigenvalue weighted by Crippen LogP contribution is 2.30. The number of carbonyl (C=O) groups excluding carboxylic acids is 1. The number of benzene rings is 1. The van der Waals surface area contributed by atoms with Crippen LogP contribution in [-0.2, 0) is 14.8 Å². The first-order valence-corrected chi connectivity index (χ1v) is 8.89. The van der Waals surface area contributed by atoms with E-state index in [0.29, 0.717) is 0 Å². The van der Waals surface area contributed by atoms with Crippen LogP contribution in [0.4, 0.5) is 18.9 Å². The summed E-state index contributed by atoms with van der Waals surface area (Å²) in [6, 6.07) is 5.14. The van der Waals surface area contributed by atoms with Gasteiger partial charge in [-0.2, -0.15) is 0 Å². The quantitative estimate of drug-likeness (QED) is 0.857. The van der Waals surface area contributed by atoms with Crippen LogP contribution in [0.1, 0.15) is 0 Å². The van der Waals surface area contributed by atoms with Gasteiger partial charge in [0.15, 0.2) is 5.75 Å². The zero-order valence-electron chi connectivity index (χ0n) is 13.0. The number of fused-ring (bicyclic) bond motifs is 1. The van der Waals surface area contributed by atoms with E-state index in [0.717, 1.165) is 6.07 Å². The molecular weight excluding hydrogens is 375 g/mol. The van der Waals surface area contributed by atoms with Crippen molar-refractivity contribution >= 4 is 27.5 Å². The minimum atomic E-state index is -4.89. The molecule has 2 aliphatic rings. The number of amides is 1. The summed E-state index contributed by atoms with van der Waals surface area (Å²) < 4.78 is 67.7. The summed E-state index contributed by atoms with van der Waals surface area (Å²) >= 11 is 0. The maximum absolute atomic E-state index is 12.4. The van der Waals surface area contributed by atoms with Gasteiger partial charge in [-0.3, -0.25) is 4.79 Å². The van der Waals surface area contributed by atoms with Crippen LogP contribution in [0.2, 0.25) is 0 Å². The van der Waals surface area contributed by atoms with Crippen molar-refractivity contribution in [2.75, 3.05) is 17.6 Å². The van der Waals surface area contributed by atoms with Gasteiger partial charge in [0.1, 0.15) is 5.84 Å². The van der Waals surface area contributed by atoms with Gasteiger partial charge in [0.2, 0.25) is 0 Å². The van der Waals surface area contributed by atoms with Crippen molar-refractivity contribution in [3.05, 3.63) is 48.2 Å². The van der Waals surface area contributed by atoms with Crippen molar-refractivity contribution in [2.24, 2.45) is 4.40 Å². The van der Waals surface area contributed by atoms with Gasteiger partial charge in [-0.25, -0.2) is 8.42 Å². The molecule has 0 saturated carbocycles. The van der Waals surface area contributed by atoms with Crippen molar-refractivity contribution in [3.8, 4) is 5.75 Å². The number of hydrogen-bond acceptors (Lipinski definition) is 5. The third kappa shape index (κ3) is 4.23. The first kappa shape index (κ1) is 18.0. The number of hydrogen-bond donors (Lipinski definition) is 1. The second-order valence-corrected chi connectivity index (χ2v) is 7.10. The molecule has 1 amide bonds. The summed E-state index contributed by atoms with van der Waals surface area (Å²) in [6.45, 7) is 0.121. The zero-order valence-corrected chi connectivity index (χ0v) is 13.8. The van der Waals surface area contributed by atoms with Gasteiger partial charge in [-0.15, -0.1) is 17.6 Å². The average molecular weight is 387 g/mol. The molecule has 0 aliphatic carbocycles. The maximum Gasteiger partial charge on any atom is 0.573 e. The molecule has 0 radical (unpaired) electrons. The fourth-order valence-corrected chi connectivity index (χ4v) is 3.28. The highest BCUT2D eigenvalue weighted by molar-refractivity contribution is 7.90. The zero-order chi connectivity index (χ0) is 18.9. The normalized spacial score (nSPS) is 18.5. The van der Waals surface area contributed by atoms with Crippen molar-refractivity contribution in [1.82, 2.24) is 4.90 Å². The minimum Gasteiger partial charge on any atom is -0.404 e. The summed E-state index contributed by atoms with van der Waals surface area (Å²) in [5.74, 6) is -1.24. The molecule has 0 saturated heterocycles. The van der Waals surface area contributed by atoms with E-state index in [-0.39, 0.29) is 29.4 Å². The number of rotatable bonds is 3. The Morgan fingerprint density at radius 2 is 1.96 bits per heavy atom. The fourth-order valence-electron chi connectivity index (χ4n) is 2.31. The molecule has 11 heteroatoms. The minimum absolute atomic E-state index is 0.121. The van der Waals surface area contributed by atoms with Crippen LogP contribution in [-0.4, -0.2) is 43.7 Å². The Morgan fingerprint density at radius 1 is 1.23 bits per heavy atom. The standard InChI is InChI=1S/C15H12F3N3O4S/c16-15(17,18)25-12-4-2-1-3-11(12)19-14(22)10-5-6-13-20-26(23,24)8-7-21(13)9-10/h1-6,9H,7-8H2,(H,19,22). The predicted octanol–water partition coefficient (Wildman–Crippen LogP) is 2.02. The van der Waals surface area contributed by atoms with Gasteiger partial charge in [-0.1, -0.05) is 12.1 Å². The maximum atomic E-state index is 12.4. The second-order valence-electron chi connectivity index (χ2n) is 5.34. The van der Waals surface area contributed by atoms with E-state index in [1.54, 1.807) is 0 Å². The van der Waals surface area contributed by atoms with Crippen LogP contribution in [0.25, 0.3) is 0 Å². The number of anilines is 1. The Hall–Kier alpha value is -2.82. The van der Waals surface area contributed by atoms with Gasteiger partial charge in [0, 0.05) is 12.7 Å². The highest BCUT2D eigenvalue weighted by atomic mass is 32.2. The molecule has 0 bridgehead atoms. The number of nitrogens with one attached hydrogen (secondary N) is 1. The summed E-state index contributed by atoms with van der Waals surface area (Å²) in [7, 11) is -3.52. The SMILES string of the molecule is O=C(Nc1ccccc1OC(F)(F)F)C1=CN2CCS(=O)(=O)N=C2C=C1. The number of amidine groups is 1. The van der Waals surface area contributed by atoms with Crippen LogP contribution in [0, 0.1) is 0 Å². The lowest BCUT2D eigenvalue weighted by atomic mass is 10.1. The predicted molar refractivity (Wildman–Crippen MR) is 86.9 cm³/mol. The number of ether oxygens (including phenoxy) is 1. The molecule has 2 aliphatic heterocycles. The highest BCUT2D eigenvalue weighted by Gasteiger charge is 2.32. The largest absolute Gasteiger partial charge is 0.573 e. The lowest BCUT2D eigenvalue weighted by Crippen LogP contribution is -2.37. The first-order valence-electron chi connectivity index (χ1n) is 7.28. The van der Waals surface area contributed by atoms with E-state index in [1.165, 1.54) is 41.5 Å². The monoisotopic (exact) mass is 387 g/mol. The fraction of sp³-hybridized carbons (Fsp3) is 0.200. The number of alkyl halides is 3. The smallest absolute Gasteiger partial charge is 0.404 e. The Balaban J connectivity index is 1.78. The Labute approximate surface area is 146 Å². The molecule has 0 fully saturated rings. The first-order chi connectivity index (χ1) is 12.1. The van der Waals surface area contributed by atoms with Crippen molar-refractivity contribution in [3.63, 3.8) is 0 Å². The topological polar surface area (TPSA) is 88.1 Å². The lowest BCUT2D eigenvalue weighted by Gasteiger charge is -2.27. The van der Waals surface area contributed by atoms with Gasteiger partial charge in [0.05, 0.1) is 17.0 Å². The molecule has 138 valence electrons. The Bertz CT molecular complexity index is 936. The molecule has 0 aromatic heterocycles. The second kappa shape index (κ2) is 6.48. The van der Waals surface area contributed by atoms with Crippen molar-refractivity contribution < 1.29 is 31.1 Å². The summed E-state index contributed by atoms with van der Waals surface area (Å²) in [6.07, 6.45) is -0.825. The summed E-state index contributed by atoms with van der Waals surface area (Å²) in [5.41, 5.74) is -0.0186. The Kier molecular flexibility index (Phi) is 4.48. The van der Waals surface area contributed by atoms with Gasteiger partial charge >= 0.3 is 6.36 Å². The molecule has 7 nitrogen and oxygen atoms in total. The van der Waals surface area contributed by atoms with E-state index >= 15 is 0 Å². The third-order valence-electron chi connectivity index (χ3n) is 3.45. The summed E-state index contributed by atoms with van der Waals surface area (Å²) in [5, 5.41) is 2.35. The number of para-hydroxylation sites is 2. The molecule has 3 rings (SSSR count). The molecule has 1 N–H and O–H groups in total. The average Bonchev–Trinajstić information content (AvgIpc) is 2.54. The van der Waals surface area contributed by atoms with Crippen LogP contribution in [0.5, 0.6) is 5.75 Å². The van der Waals surface area contributed by atoms with Gasteiger partial charge < -0.3 is 15.0 Å². The molecule has 0 unspecified atom stereocenters. The van der Waals surface area contributed by atoms with Crippen LogP contribution < -0.4 is 10.1 Å². The number of nitrogens with zero attached hydrogens (tertiary/aromatic N) is 2. The molecule has 1 aromatic rings. The van der Waals surface area contributed by atoms with Crippen molar-refractivity contribution in [2.45, 2.75) is 6.36 Å². The molecule has 0 atom stereocenters. The molecule has 26 heavy (non-hydrogen) atoms. The molecule has 1 aromatic carbocycles. The molecule has 0 spiro atoms. The number of halogens is 3. The van der Waals surface area contributed by atoms with Crippen LogP contribution >= 0.6 is 0 Å². The Morgan fingerprint density at radius 3 is 2.69 bits per heavy atom. The van der Waals surface area contributed by atoms with Gasteiger partial charge in [-0.05, 0) is 24.3 Å². The summed E-state index contributed by atoms with van der Waals surface area (Å²) in [4.78, 5) is 13.8. The third-order valence-corrected chi connectivity index (χ3v) is 4.61.